The van der Waals surface area contributed by atoms with Crippen LogP contribution in [0, 0.1) is 5.82 Å². The number of carbonyl (C=O) groups excluding carboxylic acids is 1. The summed E-state index contributed by atoms with van der Waals surface area (Å²) in [5.41, 5.74) is 0. The van der Waals surface area contributed by atoms with Crippen molar-refractivity contribution in [2.75, 3.05) is 39.8 Å². The summed E-state index contributed by atoms with van der Waals surface area (Å²) in [7, 11) is -2.42. The third-order valence-corrected chi connectivity index (χ3v) is 7.21. The van der Waals surface area contributed by atoms with Crippen LogP contribution in [0.5, 0.6) is 0 Å². The number of halogens is 1. The van der Waals surface area contributed by atoms with Crippen LogP contribution < -0.4 is 0 Å². The Bertz CT molecular complexity index is 725. The van der Waals surface area contributed by atoms with Crippen LogP contribution in [0.25, 0.3) is 0 Å². The number of hydrogen-bond acceptors (Lipinski definition) is 4. The van der Waals surface area contributed by atoms with Gasteiger partial charge in [0.1, 0.15) is 5.82 Å². The second-order valence-corrected chi connectivity index (χ2v) is 9.11. The summed E-state index contributed by atoms with van der Waals surface area (Å²) in [6.45, 7) is 2.78. The van der Waals surface area contributed by atoms with Crippen molar-refractivity contribution in [3.63, 3.8) is 0 Å². The number of sulfonamides is 1. The smallest absolute Gasteiger partial charge is 0.243 e. The maximum Gasteiger partial charge on any atom is 0.243 e. The van der Waals surface area contributed by atoms with Gasteiger partial charge in [-0.1, -0.05) is 12.8 Å². The molecule has 8 heteroatoms. The number of piperazine rings is 1. The maximum atomic E-state index is 13.0. The molecule has 144 valence electrons. The fourth-order valence-corrected chi connectivity index (χ4v) is 4.89. The van der Waals surface area contributed by atoms with Crippen LogP contribution >= 0.6 is 0 Å². The second-order valence-electron chi connectivity index (χ2n) is 7.07. The molecule has 0 bridgehead atoms. The number of benzene rings is 1. The highest BCUT2D eigenvalue weighted by Gasteiger charge is 2.30. The van der Waals surface area contributed by atoms with Crippen molar-refractivity contribution in [2.24, 2.45) is 0 Å². The number of likely N-dealkylation sites (N-methyl/N-ethyl adjacent to an activating group) is 1. The van der Waals surface area contributed by atoms with Crippen LogP contribution in [0.2, 0.25) is 0 Å². The standard InChI is InChI=1S/C18H26FN3O3S/c1-20(26(24,25)17-8-6-15(19)7-9-17)14-18(23)22-12-10-21(11-13-22)16-4-2-3-5-16/h6-9,16H,2-5,10-14H2,1H3. The summed E-state index contributed by atoms with van der Waals surface area (Å²) < 4.78 is 39.1. The van der Waals surface area contributed by atoms with Crippen LogP contribution in [0.15, 0.2) is 29.2 Å². The average molecular weight is 383 g/mol. The van der Waals surface area contributed by atoms with Gasteiger partial charge < -0.3 is 4.90 Å². The second kappa shape index (κ2) is 8.02. The van der Waals surface area contributed by atoms with Crippen molar-refractivity contribution in [1.29, 1.82) is 0 Å². The summed E-state index contributed by atoms with van der Waals surface area (Å²) >= 11 is 0. The monoisotopic (exact) mass is 383 g/mol. The summed E-state index contributed by atoms with van der Waals surface area (Å²) in [5.74, 6) is -0.688. The summed E-state index contributed by atoms with van der Waals surface area (Å²) in [4.78, 5) is 16.7. The van der Waals surface area contributed by atoms with E-state index in [9.17, 15) is 17.6 Å². The van der Waals surface area contributed by atoms with Crippen LogP contribution in [0.1, 0.15) is 25.7 Å². The van der Waals surface area contributed by atoms with Crippen molar-refractivity contribution < 1.29 is 17.6 Å². The SMILES string of the molecule is CN(CC(=O)N1CCN(C2CCCC2)CC1)S(=O)(=O)c1ccc(F)cc1. The van der Waals surface area contributed by atoms with Gasteiger partial charge in [0.15, 0.2) is 0 Å². The van der Waals surface area contributed by atoms with Crippen molar-refractivity contribution in [2.45, 2.75) is 36.6 Å². The Morgan fingerprint density at radius 1 is 1.12 bits per heavy atom. The zero-order valence-electron chi connectivity index (χ0n) is 15.1. The quantitative estimate of drug-likeness (QED) is 0.774. The van der Waals surface area contributed by atoms with Crippen molar-refractivity contribution >= 4 is 15.9 Å². The predicted octanol–water partition coefficient (Wildman–Crippen LogP) is 1.53. The van der Waals surface area contributed by atoms with E-state index in [-0.39, 0.29) is 17.3 Å². The molecule has 1 saturated carbocycles. The van der Waals surface area contributed by atoms with Gasteiger partial charge in [-0.3, -0.25) is 9.69 Å². The number of rotatable bonds is 5. The highest BCUT2D eigenvalue weighted by Crippen LogP contribution is 2.24. The van der Waals surface area contributed by atoms with Gasteiger partial charge in [0, 0.05) is 39.3 Å². The first-order chi connectivity index (χ1) is 12.4. The van der Waals surface area contributed by atoms with Gasteiger partial charge in [-0.15, -0.1) is 0 Å². The van der Waals surface area contributed by atoms with Gasteiger partial charge in [-0.25, -0.2) is 12.8 Å². The van der Waals surface area contributed by atoms with Gasteiger partial charge >= 0.3 is 0 Å². The molecule has 1 aliphatic carbocycles. The molecule has 0 atom stereocenters. The van der Waals surface area contributed by atoms with Gasteiger partial charge in [0.25, 0.3) is 0 Å². The molecule has 1 heterocycles. The Morgan fingerprint density at radius 2 is 1.69 bits per heavy atom. The first-order valence-electron chi connectivity index (χ1n) is 9.11. The van der Waals surface area contributed by atoms with Crippen LogP contribution in [0.4, 0.5) is 4.39 Å². The molecule has 0 N–H and O–H groups in total. The Kier molecular flexibility index (Phi) is 5.94. The predicted molar refractivity (Wildman–Crippen MR) is 96.6 cm³/mol. The molecular weight excluding hydrogens is 357 g/mol. The largest absolute Gasteiger partial charge is 0.339 e. The number of amides is 1. The average Bonchev–Trinajstić information content (AvgIpc) is 3.17. The Labute approximate surface area is 154 Å². The third kappa shape index (κ3) is 4.24. The Hall–Kier alpha value is -1.51. The molecule has 1 aromatic rings. The van der Waals surface area contributed by atoms with E-state index in [1.54, 1.807) is 4.90 Å². The Balaban J connectivity index is 1.55. The zero-order chi connectivity index (χ0) is 18.7. The molecule has 0 unspecified atom stereocenters. The van der Waals surface area contributed by atoms with E-state index in [0.717, 1.165) is 29.5 Å². The maximum absolute atomic E-state index is 13.0. The molecule has 1 saturated heterocycles. The molecule has 2 fully saturated rings. The van der Waals surface area contributed by atoms with E-state index in [4.69, 9.17) is 0 Å². The first-order valence-corrected chi connectivity index (χ1v) is 10.6. The molecule has 3 rings (SSSR count). The van der Waals surface area contributed by atoms with Gasteiger partial charge in [0.05, 0.1) is 11.4 Å². The van der Waals surface area contributed by atoms with Crippen molar-refractivity contribution in [3.8, 4) is 0 Å². The lowest BCUT2D eigenvalue weighted by atomic mass is 10.2. The van der Waals surface area contributed by atoms with E-state index >= 15 is 0 Å². The van der Waals surface area contributed by atoms with E-state index in [1.165, 1.54) is 44.9 Å². The van der Waals surface area contributed by atoms with Crippen LogP contribution in [0.3, 0.4) is 0 Å². The first kappa shape index (κ1) is 19.3. The lowest BCUT2D eigenvalue weighted by Gasteiger charge is -2.38. The molecule has 26 heavy (non-hydrogen) atoms. The molecule has 1 aromatic carbocycles. The minimum atomic E-state index is -3.80. The Morgan fingerprint density at radius 3 is 2.27 bits per heavy atom. The topological polar surface area (TPSA) is 60.9 Å². The van der Waals surface area contributed by atoms with E-state index in [1.807, 2.05) is 0 Å². The molecule has 1 aliphatic heterocycles. The summed E-state index contributed by atoms with van der Waals surface area (Å²) in [6.07, 6.45) is 5.06. The molecule has 0 spiro atoms. The summed E-state index contributed by atoms with van der Waals surface area (Å²) in [6, 6.07) is 5.28. The minimum absolute atomic E-state index is 0.0137. The molecule has 0 radical (unpaired) electrons. The normalized spacial score (nSPS) is 20.0. The van der Waals surface area contributed by atoms with E-state index in [0.29, 0.717) is 19.1 Å². The molecule has 2 aliphatic rings. The van der Waals surface area contributed by atoms with E-state index in [2.05, 4.69) is 4.90 Å². The highest BCUT2D eigenvalue weighted by molar-refractivity contribution is 7.89. The number of nitrogens with zero attached hydrogens (tertiary/aromatic N) is 3. The zero-order valence-corrected chi connectivity index (χ0v) is 15.9. The number of carbonyl (C=O) groups is 1. The molecule has 6 nitrogen and oxygen atoms in total. The minimum Gasteiger partial charge on any atom is -0.339 e. The van der Waals surface area contributed by atoms with Gasteiger partial charge in [0.2, 0.25) is 15.9 Å². The van der Waals surface area contributed by atoms with Crippen molar-refractivity contribution in [1.82, 2.24) is 14.1 Å². The van der Waals surface area contributed by atoms with Gasteiger partial charge in [-0.2, -0.15) is 4.31 Å². The fraction of sp³-hybridized carbons (Fsp3) is 0.611. The number of hydrogen-bond donors (Lipinski definition) is 0. The molecule has 1 amide bonds. The van der Waals surface area contributed by atoms with Crippen LogP contribution in [-0.4, -0.2) is 74.2 Å². The lowest BCUT2D eigenvalue weighted by molar-refractivity contribution is -0.133. The lowest BCUT2D eigenvalue weighted by Crippen LogP contribution is -2.53. The van der Waals surface area contributed by atoms with Crippen molar-refractivity contribution in [3.05, 3.63) is 30.1 Å². The highest BCUT2D eigenvalue weighted by atomic mass is 32.2. The third-order valence-electron chi connectivity index (χ3n) is 5.39. The summed E-state index contributed by atoms with van der Waals surface area (Å²) in [5, 5.41) is 0. The van der Waals surface area contributed by atoms with Gasteiger partial charge in [-0.05, 0) is 37.1 Å². The van der Waals surface area contributed by atoms with Crippen LogP contribution in [-0.2, 0) is 14.8 Å². The molecular formula is C18H26FN3O3S. The van der Waals surface area contributed by atoms with E-state index < -0.39 is 15.8 Å². The fourth-order valence-electron chi connectivity index (χ4n) is 3.77. The molecule has 0 aromatic heterocycles.